The Morgan fingerprint density at radius 1 is 1.24 bits per heavy atom. The molecule has 1 aromatic carbocycles. The van der Waals surface area contributed by atoms with Gasteiger partial charge in [-0.05, 0) is 56.7 Å². The van der Waals surface area contributed by atoms with Crippen molar-refractivity contribution < 1.29 is 0 Å². The molecule has 0 fully saturated rings. The molecule has 6 heteroatoms. The number of rotatable bonds is 7. The molecule has 1 aliphatic heterocycles. The first-order chi connectivity index (χ1) is 14.0. The third-order valence-electron chi connectivity index (χ3n) is 5.93. The lowest BCUT2D eigenvalue weighted by atomic mass is 10.00. The molecular weight excluding hydrogens is 360 g/mol. The Hall–Kier alpha value is -2.34. The minimum Gasteiger partial charge on any atom is -0.356 e. The SMILES string of the molecule is CN=C(NCCCN1CCc2ccccc2C1)NC(C)Cc1c(C)nn(C)c1C. The molecule has 29 heavy (non-hydrogen) atoms. The van der Waals surface area contributed by atoms with Crippen LogP contribution in [0.25, 0.3) is 0 Å². The molecule has 158 valence electrons. The number of aromatic nitrogens is 2. The van der Waals surface area contributed by atoms with Crippen molar-refractivity contribution >= 4 is 5.96 Å². The van der Waals surface area contributed by atoms with Gasteiger partial charge in [-0.25, -0.2) is 0 Å². The lowest BCUT2D eigenvalue weighted by molar-refractivity contribution is 0.251. The Morgan fingerprint density at radius 2 is 2.00 bits per heavy atom. The molecule has 2 heterocycles. The Kier molecular flexibility index (Phi) is 7.31. The molecule has 0 spiro atoms. The molecule has 3 rings (SSSR count). The number of benzene rings is 1. The van der Waals surface area contributed by atoms with Crippen LogP contribution in [0.4, 0.5) is 0 Å². The van der Waals surface area contributed by atoms with Gasteiger partial charge in [-0.1, -0.05) is 24.3 Å². The highest BCUT2D eigenvalue weighted by Crippen LogP contribution is 2.18. The van der Waals surface area contributed by atoms with E-state index < -0.39 is 0 Å². The van der Waals surface area contributed by atoms with Crippen molar-refractivity contribution in [1.29, 1.82) is 0 Å². The van der Waals surface area contributed by atoms with Crippen molar-refractivity contribution in [3.8, 4) is 0 Å². The van der Waals surface area contributed by atoms with Gasteiger partial charge in [-0.3, -0.25) is 14.6 Å². The van der Waals surface area contributed by atoms with Gasteiger partial charge in [0.05, 0.1) is 5.69 Å². The van der Waals surface area contributed by atoms with E-state index in [-0.39, 0.29) is 0 Å². The van der Waals surface area contributed by atoms with E-state index >= 15 is 0 Å². The zero-order valence-corrected chi connectivity index (χ0v) is 18.6. The standard InChI is InChI=1S/C23H36N6/c1-17(15-22-18(2)27-28(5)19(22)3)26-23(24-4)25-12-8-13-29-14-11-20-9-6-7-10-21(20)16-29/h6-7,9-10,17H,8,11-16H2,1-5H3,(H2,24,25,26). The summed E-state index contributed by atoms with van der Waals surface area (Å²) in [5.41, 5.74) is 6.68. The first kappa shape index (κ1) is 21.4. The van der Waals surface area contributed by atoms with E-state index in [0.29, 0.717) is 6.04 Å². The van der Waals surface area contributed by atoms with Crippen LogP contribution in [0, 0.1) is 13.8 Å². The number of aryl methyl sites for hydroxylation is 2. The van der Waals surface area contributed by atoms with Crippen LogP contribution in [-0.2, 0) is 26.4 Å². The second-order valence-electron chi connectivity index (χ2n) is 8.17. The van der Waals surface area contributed by atoms with Crippen molar-refractivity contribution in [2.24, 2.45) is 12.0 Å². The van der Waals surface area contributed by atoms with Gasteiger partial charge in [0, 0.05) is 52.0 Å². The van der Waals surface area contributed by atoms with Crippen molar-refractivity contribution in [3.63, 3.8) is 0 Å². The molecule has 2 N–H and O–H groups in total. The molecule has 1 atom stereocenters. The fourth-order valence-electron chi connectivity index (χ4n) is 4.15. The number of aliphatic imine (C=N–C) groups is 1. The number of hydrogen-bond acceptors (Lipinski definition) is 3. The van der Waals surface area contributed by atoms with Crippen molar-refractivity contribution in [2.45, 2.75) is 52.6 Å². The summed E-state index contributed by atoms with van der Waals surface area (Å²) in [4.78, 5) is 6.95. The second kappa shape index (κ2) is 9.92. The van der Waals surface area contributed by atoms with Crippen LogP contribution in [0.3, 0.4) is 0 Å². The van der Waals surface area contributed by atoms with Crippen LogP contribution < -0.4 is 10.6 Å². The summed E-state index contributed by atoms with van der Waals surface area (Å²) in [6, 6.07) is 9.11. The van der Waals surface area contributed by atoms with Crippen LogP contribution in [0.5, 0.6) is 0 Å². The summed E-state index contributed by atoms with van der Waals surface area (Å²) in [6.45, 7) is 10.7. The lowest BCUT2D eigenvalue weighted by Crippen LogP contribution is -2.44. The quantitative estimate of drug-likeness (QED) is 0.429. The van der Waals surface area contributed by atoms with E-state index in [2.05, 4.69) is 70.7 Å². The van der Waals surface area contributed by atoms with E-state index in [1.165, 1.54) is 22.4 Å². The van der Waals surface area contributed by atoms with Gasteiger partial charge < -0.3 is 10.6 Å². The average molecular weight is 397 g/mol. The monoisotopic (exact) mass is 396 g/mol. The predicted octanol–water partition coefficient (Wildman–Crippen LogP) is 2.58. The topological polar surface area (TPSA) is 57.5 Å². The van der Waals surface area contributed by atoms with E-state index in [1.807, 2.05) is 18.8 Å². The smallest absolute Gasteiger partial charge is 0.191 e. The van der Waals surface area contributed by atoms with Crippen LogP contribution in [0.1, 0.15) is 41.4 Å². The molecule has 1 aliphatic rings. The molecule has 6 nitrogen and oxygen atoms in total. The number of nitrogens with zero attached hydrogens (tertiary/aromatic N) is 4. The third-order valence-corrected chi connectivity index (χ3v) is 5.93. The molecule has 0 saturated heterocycles. The molecular formula is C23H36N6. The summed E-state index contributed by atoms with van der Waals surface area (Å²) in [5, 5.41) is 11.5. The van der Waals surface area contributed by atoms with Gasteiger partial charge in [0.1, 0.15) is 0 Å². The Labute approximate surface area is 175 Å². The van der Waals surface area contributed by atoms with Crippen LogP contribution in [0.2, 0.25) is 0 Å². The largest absolute Gasteiger partial charge is 0.356 e. The number of nitrogens with one attached hydrogen (secondary N) is 2. The number of fused-ring (bicyclic) bond motifs is 1. The summed E-state index contributed by atoms with van der Waals surface area (Å²) >= 11 is 0. The fraction of sp³-hybridized carbons (Fsp3) is 0.565. The van der Waals surface area contributed by atoms with Gasteiger partial charge in [0.15, 0.2) is 5.96 Å². The van der Waals surface area contributed by atoms with Gasteiger partial charge >= 0.3 is 0 Å². The van der Waals surface area contributed by atoms with Gasteiger partial charge in [-0.15, -0.1) is 0 Å². The highest BCUT2D eigenvalue weighted by molar-refractivity contribution is 5.79. The van der Waals surface area contributed by atoms with Gasteiger partial charge in [0.25, 0.3) is 0 Å². The van der Waals surface area contributed by atoms with Crippen molar-refractivity contribution in [1.82, 2.24) is 25.3 Å². The summed E-state index contributed by atoms with van der Waals surface area (Å²) < 4.78 is 1.96. The number of hydrogen-bond donors (Lipinski definition) is 2. The second-order valence-corrected chi connectivity index (χ2v) is 8.17. The highest BCUT2D eigenvalue weighted by atomic mass is 15.3. The first-order valence-corrected chi connectivity index (χ1v) is 10.7. The third kappa shape index (κ3) is 5.60. The van der Waals surface area contributed by atoms with Crippen LogP contribution in [-0.4, -0.2) is 53.4 Å². The molecule has 0 bridgehead atoms. The van der Waals surface area contributed by atoms with Crippen molar-refractivity contribution in [2.75, 3.05) is 26.7 Å². The molecule has 0 radical (unpaired) electrons. The zero-order valence-electron chi connectivity index (χ0n) is 18.6. The Balaban J connectivity index is 1.39. The maximum atomic E-state index is 4.52. The first-order valence-electron chi connectivity index (χ1n) is 10.7. The number of guanidine groups is 1. The van der Waals surface area contributed by atoms with E-state index in [1.54, 1.807) is 0 Å². The zero-order chi connectivity index (χ0) is 20.8. The summed E-state index contributed by atoms with van der Waals surface area (Å²) in [5.74, 6) is 0.876. The van der Waals surface area contributed by atoms with Gasteiger partial charge in [0.2, 0.25) is 0 Å². The molecule has 2 aromatic rings. The van der Waals surface area contributed by atoms with Crippen LogP contribution >= 0.6 is 0 Å². The summed E-state index contributed by atoms with van der Waals surface area (Å²) in [6.07, 6.45) is 3.22. The summed E-state index contributed by atoms with van der Waals surface area (Å²) in [7, 11) is 3.84. The Bertz CT molecular complexity index is 838. The van der Waals surface area contributed by atoms with E-state index in [0.717, 1.165) is 57.1 Å². The molecule has 1 unspecified atom stereocenters. The minimum atomic E-state index is 0.293. The van der Waals surface area contributed by atoms with E-state index in [4.69, 9.17) is 0 Å². The van der Waals surface area contributed by atoms with Gasteiger partial charge in [-0.2, -0.15) is 5.10 Å². The molecule has 0 saturated carbocycles. The average Bonchev–Trinajstić information content (AvgIpc) is 2.96. The lowest BCUT2D eigenvalue weighted by Gasteiger charge is -2.28. The van der Waals surface area contributed by atoms with Crippen molar-refractivity contribution in [3.05, 3.63) is 52.3 Å². The molecule has 0 aliphatic carbocycles. The molecule has 1 aromatic heterocycles. The minimum absolute atomic E-state index is 0.293. The van der Waals surface area contributed by atoms with E-state index in [9.17, 15) is 0 Å². The highest BCUT2D eigenvalue weighted by Gasteiger charge is 2.16. The normalized spacial score (nSPS) is 15.8. The fourth-order valence-corrected chi connectivity index (χ4v) is 4.15. The molecule has 0 amide bonds. The Morgan fingerprint density at radius 3 is 2.69 bits per heavy atom. The maximum absolute atomic E-state index is 4.52. The predicted molar refractivity (Wildman–Crippen MR) is 120 cm³/mol. The van der Waals surface area contributed by atoms with Crippen LogP contribution in [0.15, 0.2) is 29.3 Å². The maximum Gasteiger partial charge on any atom is 0.191 e.